The molecule has 0 saturated carbocycles. The molecule has 0 saturated heterocycles. The minimum absolute atomic E-state index is 0.656. The van der Waals surface area contributed by atoms with Crippen LogP contribution in [0.5, 0.6) is 0 Å². The van der Waals surface area contributed by atoms with Crippen molar-refractivity contribution in [2.24, 2.45) is 0 Å². The summed E-state index contributed by atoms with van der Waals surface area (Å²) in [5.74, 6) is 0. The summed E-state index contributed by atoms with van der Waals surface area (Å²) in [5, 5.41) is 2.38. The molecule has 2 nitrogen and oxygen atoms in total. The van der Waals surface area contributed by atoms with Crippen LogP contribution in [0.15, 0.2) is 18.3 Å². The van der Waals surface area contributed by atoms with Gasteiger partial charge in [-0.25, -0.2) is 0 Å². The van der Waals surface area contributed by atoms with Crippen molar-refractivity contribution >= 4 is 0 Å². The maximum absolute atomic E-state index is 2.38. The molecule has 1 aliphatic rings. The van der Waals surface area contributed by atoms with Gasteiger partial charge in [0, 0.05) is 6.20 Å². The van der Waals surface area contributed by atoms with E-state index < -0.39 is 0 Å². The van der Waals surface area contributed by atoms with Gasteiger partial charge in [-0.2, -0.15) is 0 Å². The predicted molar refractivity (Wildman–Crippen MR) is 39.6 cm³/mol. The van der Waals surface area contributed by atoms with Crippen molar-refractivity contribution in [2.75, 3.05) is 6.54 Å². The Hall–Kier alpha value is -0.760. The lowest BCUT2D eigenvalue weighted by Gasteiger charge is -2.19. The smallest absolute Gasteiger partial charge is 0.124 e. The number of fused-ring (bicyclic) bond motifs is 1. The highest BCUT2D eigenvalue weighted by Crippen LogP contribution is 2.11. The van der Waals surface area contributed by atoms with Crippen LogP contribution < -0.4 is 5.32 Å². The average molecular weight is 137 g/mol. The van der Waals surface area contributed by atoms with Gasteiger partial charge in [-0.3, -0.25) is 0 Å². The highest BCUT2D eigenvalue weighted by Gasteiger charge is 2.16. The molecule has 2 rings (SSSR count). The first-order valence-electron chi connectivity index (χ1n) is 3.86. The van der Waals surface area contributed by atoms with E-state index in [2.05, 4.69) is 35.1 Å². The molecule has 2 heterocycles. The number of rotatable bonds is 0. The Morgan fingerprint density at radius 1 is 1.70 bits per heavy atom. The van der Waals surface area contributed by atoms with Gasteiger partial charge in [0.1, 0.15) is 6.04 Å². The molecule has 0 fully saturated rings. The van der Waals surface area contributed by atoms with Gasteiger partial charge in [-0.1, -0.05) is 0 Å². The Morgan fingerprint density at radius 3 is 3.40 bits per heavy atom. The largest absolute Gasteiger partial charge is 0.341 e. The van der Waals surface area contributed by atoms with E-state index in [0.29, 0.717) is 6.04 Å². The van der Waals surface area contributed by atoms with E-state index in [9.17, 15) is 0 Å². The van der Waals surface area contributed by atoms with Crippen LogP contribution >= 0.6 is 0 Å². The van der Waals surface area contributed by atoms with Crippen LogP contribution in [0.1, 0.15) is 18.7 Å². The highest BCUT2D eigenvalue weighted by molar-refractivity contribution is 5.09. The summed E-state index contributed by atoms with van der Waals surface area (Å²) < 4.78 is 2.34. The summed E-state index contributed by atoms with van der Waals surface area (Å²) in [4.78, 5) is 0. The third-order valence-electron chi connectivity index (χ3n) is 2.22. The minimum atomic E-state index is 0.656. The zero-order valence-electron chi connectivity index (χ0n) is 6.25. The Morgan fingerprint density at radius 2 is 2.60 bits per heavy atom. The van der Waals surface area contributed by atoms with E-state index in [1.165, 1.54) is 18.8 Å². The molecule has 10 heavy (non-hydrogen) atoms. The van der Waals surface area contributed by atoms with Gasteiger partial charge >= 0.3 is 0 Å². The molecule has 0 bridgehead atoms. The molecular formula is C8H13N2+. The molecule has 54 valence electrons. The Bertz CT molecular complexity index is 227. The van der Waals surface area contributed by atoms with Gasteiger partial charge < -0.3 is 9.88 Å². The SMILES string of the molecule is C[C@H]1[NH2+]CCn2cccc21. The molecule has 0 unspecified atom stereocenters. The number of quaternary nitrogens is 1. The lowest BCUT2D eigenvalue weighted by molar-refractivity contribution is -0.699. The lowest BCUT2D eigenvalue weighted by atomic mass is 10.2. The topological polar surface area (TPSA) is 21.5 Å². The monoisotopic (exact) mass is 137 g/mol. The van der Waals surface area contributed by atoms with E-state index >= 15 is 0 Å². The van der Waals surface area contributed by atoms with Crippen molar-refractivity contribution in [1.82, 2.24) is 4.57 Å². The average Bonchev–Trinajstić information content (AvgIpc) is 2.36. The molecule has 0 amide bonds. The van der Waals surface area contributed by atoms with Crippen LogP contribution in [0.3, 0.4) is 0 Å². The fourth-order valence-corrected chi connectivity index (χ4v) is 1.63. The van der Waals surface area contributed by atoms with Crippen molar-refractivity contribution in [1.29, 1.82) is 0 Å². The predicted octanol–water partition coefficient (Wildman–Crippen LogP) is 0.126. The first kappa shape index (κ1) is 5.98. The maximum Gasteiger partial charge on any atom is 0.124 e. The van der Waals surface area contributed by atoms with Crippen molar-refractivity contribution in [3.8, 4) is 0 Å². The van der Waals surface area contributed by atoms with Gasteiger partial charge in [0.15, 0.2) is 0 Å². The summed E-state index contributed by atoms with van der Waals surface area (Å²) in [7, 11) is 0. The molecule has 0 aliphatic carbocycles. The molecule has 2 N–H and O–H groups in total. The quantitative estimate of drug-likeness (QED) is 0.525. The van der Waals surface area contributed by atoms with Gasteiger partial charge in [0.2, 0.25) is 0 Å². The van der Waals surface area contributed by atoms with E-state index in [0.717, 1.165) is 0 Å². The van der Waals surface area contributed by atoms with Crippen molar-refractivity contribution in [3.63, 3.8) is 0 Å². The Labute approximate surface area is 60.9 Å². The second kappa shape index (κ2) is 2.13. The number of hydrogen-bond acceptors (Lipinski definition) is 0. The van der Waals surface area contributed by atoms with Crippen molar-refractivity contribution in [2.45, 2.75) is 19.5 Å². The molecule has 1 aromatic heterocycles. The van der Waals surface area contributed by atoms with Crippen molar-refractivity contribution in [3.05, 3.63) is 24.0 Å². The van der Waals surface area contributed by atoms with Gasteiger partial charge in [-0.05, 0) is 19.1 Å². The summed E-state index contributed by atoms with van der Waals surface area (Å²) >= 11 is 0. The molecular weight excluding hydrogens is 124 g/mol. The van der Waals surface area contributed by atoms with Crippen LogP contribution in [-0.4, -0.2) is 11.1 Å². The second-order valence-corrected chi connectivity index (χ2v) is 2.94. The van der Waals surface area contributed by atoms with Crippen LogP contribution in [0.2, 0.25) is 0 Å². The zero-order chi connectivity index (χ0) is 6.97. The highest BCUT2D eigenvalue weighted by atomic mass is 15.1. The Balaban J connectivity index is 2.41. The molecule has 2 heteroatoms. The Kier molecular flexibility index (Phi) is 1.27. The molecule has 1 atom stereocenters. The molecule has 0 spiro atoms. The van der Waals surface area contributed by atoms with Crippen LogP contribution in [0, 0.1) is 0 Å². The number of aromatic nitrogens is 1. The molecule has 0 radical (unpaired) electrons. The van der Waals surface area contributed by atoms with Crippen molar-refractivity contribution < 1.29 is 5.32 Å². The standard InChI is InChI=1S/C8H12N2/c1-7-8-3-2-5-10(8)6-4-9-7/h2-3,5,7,9H,4,6H2,1H3/p+1/t7-/m1/s1. The normalized spacial score (nSPS) is 24.3. The summed E-state index contributed by atoms with van der Waals surface area (Å²) in [6, 6.07) is 4.99. The maximum atomic E-state index is 2.38. The van der Waals surface area contributed by atoms with Gasteiger partial charge in [-0.15, -0.1) is 0 Å². The van der Waals surface area contributed by atoms with Crippen LogP contribution in [0.25, 0.3) is 0 Å². The van der Waals surface area contributed by atoms with Gasteiger partial charge in [0.05, 0.1) is 18.8 Å². The van der Waals surface area contributed by atoms with Gasteiger partial charge in [0.25, 0.3) is 0 Å². The number of nitrogens with zero attached hydrogens (tertiary/aromatic N) is 1. The van der Waals surface area contributed by atoms with E-state index in [-0.39, 0.29) is 0 Å². The number of nitrogens with two attached hydrogens (primary N) is 1. The lowest BCUT2D eigenvalue weighted by Crippen LogP contribution is -2.87. The molecule has 0 aromatic carbocycles. The van der Waals surface area contributed by atoms with Crippen LogP contribution in [0.4, 0.5) is 0 Å². The molecule has 1 aromatic rings. The van der Waals surface area contributed by atoms with E-state index in [1.54, 1.807) is 0 Å². The zero-order valence-corrected chi connectivity index (χ0v) is 6.25. The van der Waals surface area contributed by atoms with E-state index in [4.69, 9.17) is 0 Å². The summed E-state index contributed by atoms with van der Waals surface area (Å²) in [5.41, 5.74) is 1.46. The fourth-order valence-electron chi connectivity index (χ4n) is 1.63. The fraction of sp³-hybridized carbons (Fsp3) is 0.500. The first-order valence-corrected chi connectivity index (χ1v) is 3.86. The third kappa shape index (κ3) is 0.762. The summed E-state index contributed by atoms with van der Waals surface area (Å²) in [6.45, 7) is 4.65. The van der Waals surface area contributed by atoms with Crippen LogP contribution in [-0.2, 0) is 6.54 Å². The molecule has 1 aliphatic heterocycles. The second-order valence-electron chi connectivity index (χ2n) is 2.94. The number of hydrogen-bond donors (Lipinski definition) is 1. The summed E-state index contributed by atoms with van der Waals surface area (Å²) in [6.07, 6.45) is 2.17. The third-order valence-corrected chi connectivity index (χ3v) is 2.22. The van der Waals surface area contributed by atoms with E-state index in [1.807, 2.05) is 0 Å². The first-order chi connectivity index (χ1) is 4.88. The minimum Gasteiger partial charge on any atom is -0.341 e.